The van der Waals surface area contributed by atoms with Gasteiger partial charge in [0.2, 0.25) is 0 Å². The topological polar surface area (TPSA) is 50.8 Å². The highest BCUT2D eigenvalue weighted by Gasteiger charge is 2.36. The van der Waals surface area contributed by atoms with Crippen LogP contribution in [0.15, 0.2) is 0 Å². The van der Waals surface area contributed by atoms with Crippen molar-refractivity contribution >= 4 is 6.09 Å². The van der Waals surface area contributed by atoms with Gasteiger partial charge in [-0.05, 0) is 33.7 Å². The Labute approximate surface area is 102 Å². The molecule has 2 aliphatic rings. The van der Waals surface area contributed by atoms with Crippen LogP contribution < -0.4 is 5.32 Å². The molecule has 1 atom stereocenters. The van der Waals surface area contributed by atoms with E-state index in [2.05, 4.69) is 5.32 Å². The first-order valence-electron chi connectivity index (χ1n) is 6.28. The number of carbonyl (C=O) groups excluding carboxylic acids is 1. The van der Waals surface area contributed by atoms with Crippen LogP contribution in [0.3, 0.4) is 0 Å². The molecule has 2 aliphatic heterocycles. The maximum absolute atomic E-state index is 11.7. The van der Waals surface area contributed by atoms with Crippen molar-refractivity contribution in [3.63, 3.8) is 0 Å². The predicted octanol–water partition coefficient (Wildman–Crippen LogP) is 0.984. The summed E-state index contributed by atoms with van der Waals surface area (Å²) in [7, 11) is 0. The number of rotatable bonds is 2. The normalized spacial score (nSPS) is 25.8. The maximum atomic E-state index is 11.7. The maximum Gasteiger partial charge on any atom is 0.410 e. The van der Waals surface area contributed by atoms with Crippen molar-refractivity contribution in [1.82, 2.24) is 10.2 Å². The third kappa shape index (κ3) is 3.57. The van der Waals surface area contributed by atoms with Crippen molar-refractivity contribution in [3.05, 3.63) is 0 Å². The van der Waals surface area contributed by atoms with Crippen LogP contribution in [0.5, 0.6) is 0 Å². The van der Waals surface area contributed by atoms with E-state index in [1.165, 1.54) is 0 Å². The van der Waals surface area contributed by atoms with E-state index in [-0.39, 0.29) is 12.2 Å². The average Bonchev–Trinajstić information content (AvgIpc) is 2.59. The van der Waals surface area contributed by atoms with E-state index in [1.807, 2.05) is 20.8 Å². The zero-order valence-electron chi connectivity index (χ0n) is 10.9. The molecule has 0 aromatic rings. The lowest BCUT2D eigenvalue weighted by Gasteiger charge is -2.40. The summed E-state index contributed by atoms with van der Waals surface area (Å²) in [6.45, 7) is 8.92. The van der Waals surface area contributed by atoms with Crippen LogP contribution in [0.1, 0.15) is 27.2 Å². The van der Waals surface area contributed by atoms with Gasteiger partial charge in [-0.1, -0.05) is 0 Å². The fourth-order valence-corrected chi connectivity index (χ4v) is 2.02. The average molecular weight is 242 g/mol. The zero-order chi connectivity index (χ0) is 12.5. The summed E-state index contributed by atoms with van der Waals surface area (Å²) >= 11 is 0. The van der Waals surface area contributed by atoms with Gasteiger partial charge in [-0.2, -0.15) is 0 Å². The third-order valence-electron chi connectivity index (χ3n) is 2.90. The molecule has 1 unspecified atom stereocenters. The second-order valence-corrected chi connectivity index (χ2v) is 5.76. The quantitative estimate of drug-likeness (QED) is 0.784. The van der Waals surface area contributed by atoms with E-state index in [9.17, 15) is 4.79 Å². The first-order valence-corrected chi connectivity index (χ1v) is 6.28. The lowest BCUT2D eigenvalue weighted by atomic mass is 10.1. The van der Waals surface area contributed by atoms with Gasteiger partial charge in [0.1, 0.15) is 5.60 Å². The van der Waals surface area contributed by atoms with Crippen molar-refractivity contribution in [2.24, 2.45) is 0 Å². The van der Waals surface area contributed by atoms with Crippen LogP contribution in [-0.2, 0) is 9.47 Å². The van der Waals surface area contributed by atoms with Crippen LogP contribution in [0.25, 0.3) is 0 Å². The van der Waals surface area contributed by atoms with Crippen molar-refractivity contribution in [1.29, 1.82) is 0 Å². The van der Waals surface area contributed by atoms with Crippen LogP contribution >= 0.6 is 0 Å². The molecule has 2 fully saturated rings. The largest absolute Gasteiger partial charge is 0.444 e. The molecule has 2 rings (SSSR count). The molecule has 98 valence electrons. The Kier molecular flexibility index (Phi) is 3.58. The summed E-state index contributed by atoms with van der Waals surface area (Å²) in [5, 5.41) is 3.26. The number of carbonyl (C=O) groups is 1. The van der Waals surface area contributed by atoms with Crippen LogP contribution in [-0.4, -0.2) is 55.0 Å². The molecule has 5 heteroatoms. The molecule has 0 spiro atoms. The van der Waals surface area contributed by atoms with Gasteiger partial charge in [0.05, 0.1) is 25.3 Å². The minimum atomic E-state index is -0.418. The van der Waals surface area contributed by atoms with Gasteiger partial charge in [-0.3, -0.25) is 0 Å². The molecule has 5 nitrogen and oxygen atoms in total. The van der Waals surface area contributed by atoms with Gasteiger partial charge < -0.3 is 19.7 Å². The van der Waals surface area contributed by atoms with E-state index in [4.69, 9.17) is 9.47 Å². The summed E-state index contributed by atoms with van der Waals surface area (Å²) in [6.07, 6.45) is 1.35. The molecule has 2 saturated heterocycles. The number of nitrogens with zero attached hydrogens (tertiary/aromatic N) is 1. The smallest absolute Gasteiger partial charge is 0.410 e. The zero-order valence-corrected chi connectivity index (χ0v) is 10.9. The summed E-state index contributed by atoms with van der Waals surface area (Å²) in [5.74, 6) is 0. The Morgan fingerprint density at radius 1 is 1.29 bits per heavy atom. The monoisotopic (exact) mass is 242 g/mol. The Morgan fingerprint density at radius 2 is 2.00 bits per heavy atom. The first-order chi connectivity index (χ1) is 7.94. The van der Waals surface area contributed by atoms with E-state index in [0.29, 0.717) is 19.2 Å². The number of hydrogen-bond acceptors (Lipinski definition) is 4. The minimum Gasteiger partial charge on any atom is -0.444 e. The molecule has 17 heavy (non-hydrogen) atoms. The van der Waals surface area contributed by atoms with Crippen LogP contribution in [0.2, 0.25) is 0 Å². The predicted molar refractivity (Wildman–Crippen MR) is 64.0 cm³/mol. The van der Waals surface area contributed by atoms with Crippen molar-refractivity contribution in [2.45, 2.75) is 45.0 Å². The Balaban J connectivity index is 1.66. The lowest BCUT2D eigenvalue weighted by Crippen LogP contribution is -2.56. The van der Waals surface area contributed by atoms with E-state index >= 15 is 0 Å². The highest BCUT2D eigenvalue weighted by Crippen LogP contribution is 2.19. The molecule has 0 aliphatic carbocycles. The molecular weight excluding hydrogens is 220 g/mol. The highest BCUT2D eigenvalue weighted by atomic mass is 16.6. The second kappa shape index (κ2) is 4.82. The van der Waals surface area contributed by atoms with E-state index < -0.39 is 5.60 Å². The first kappa shape index (κ1) is 12.6. The summed E-state index contributed by atoms with van der Waals surface area (Å²) in [6, 6.07) is 0. The number of amides is 1. The van der Waals surface area contributed by atoms with Crippen LogP contribution in [0.4, 0.5) is 4.79 Å². The third-order valence-corrected chi connectivity index (χ3v) is 2.90. The summed E-state index contributed by atoms with van der Waals surface area (Å²) in [5.41, 5.74) is -0.418. The Bertz CT molecular complexity index is 276. The van der Waals surface area contributed by atoms with Crippen molar-refractivity contribution < 1.29 is 14.3 Å². The summed E-state index contributed by atoms with van der Waals surface area (Å²) in [4.78, 5) is 13.4. The highest BCUT2D eigenvalue weighted by molar-refractivity contribution is 5.69. The second-order valence-electron chi connectivity index (χ2n) is 5.76. The molecule has 1 amide bonds. The fourth-order valence-electron chi connectivity index (χ4n) is 2.02. The summed E-state index contributed by atoms with van der Waals surface area (Å²) < 4.78 is 11.1. The molecule has 0 saturated carbocycles. The number of likely N-dealkylation sites (tertiary alicyclic amines) is 1. The fraction of sp³-hybridized carbons (Fsp3) is 0.917. The van der Waals surface area contributed by atoms with E-state index in [0.717, 1.165) is 19.5 Å². The number of nitrogens with one attached hydrogen (secondary N) is 1. The molecule has 0 aromatic heterocycles. The van der Waals surface area contributed by atoms with Crippen molar-refractivity contribution in [2.75, 3.05) is 26.2 Å². The van der Waals surface area contributed by atoms with Gasteiger partial charge in [0.15, 0.2) is 0 Å². The van der Waals surface area contributed by atoms with Gasteiger partial charge in [0.25, 0.3) is 0 Å². The standard InChI is InChI=1S/C12H22N2O3/c1-12(2,3)17-11(15)14-7-10(8-14)16-9-4-5-13-6-9/h9-10,13H,4-8H2,1-3H3. The SMILES string of the molecule is CC(C)(C)OC(=O)N1CC(OC2CCNC2)C1. The van der Waals surface area contributed by atoms with E-state index in [1.54, 1.807) is 4.90 Å². The van der Waals surface area contributed by atoms with Gasteiger partial charge in [0, 0.05) is 6.54 Å². The molecule has 1 N–H and O–H groups in total. The van der Waals surface area contributed by atoms with Gasteiger partial charge in [-0.25, -0.2) is 4.79 Å². The Morgan fingerprint density at radius 3 is 2.53 bits per heavy atom. The van der Waals surface area contributed by atoms with Crippen LogP contribution in [0, 0.1) is 0 Å². The molecule has 0 bridgehead atoms. The molecule has 2 heterocycles. The lowest BCUT2D eigenvalue weighted by molar-refractivity contribution is -0.0874. The van der Waals surface area contributed by atoms with Crippen molar-refractivity contribution in [3.8, 4) is 0 Å². The molecule has 0 radical (unpaired) electrons. The Hall–Kier alpha value is -0.810. The van der Waals surface area contributed by atoms with Gasteiger partial charge in [-0.15, -0.1) is 0 Å². The minimum absolute atomic E-state index is 0.187. The number of ether oxygens (including phenoxy) is 2. The molecule has 0 aromatic carbocycles. The van der Waals surface area contributed by atoms with Gasteiger partial charge >= 0.3 is 6.09 Å². The molecular formula is C12H22N2O3. The number of hydrogen-bond donors (Lipinski definition) is 1.